The summed E-state index contributed by atoms with van der Waals surface area (Å²) in [6.45, 7) is -0.366. The summed E-state index contributed by atoms with van der Waals surface area (Å²) in [5.74, 6) is -1.18. The molecule has 0 bridgehead atoms. The van der Waals surface area contributed by atoms with Gasteiger partial charge < -0.3 is 14.7 Å². The number of rotatable bonds is 5. The fourth-order valence-electron chi connectivity index (χ4n) is 2.89. The van der Waals surface area contributed by atoms with Crippen LogP contribution in [0.2, 0.25) is 5.02 Å². The van der Waals surface area contributed by atoms with Gasteiger partial charge in [-0.2, -0.15) is 0 Å². The summed E-state index contributed by atoms with van der Waals surface area (Å²) >= 11 is 6.06. The standard InChI is InChI=1S/C17H14ClFN2O3/c18-10-4-5-13-12(9-10)14(11-3-1-7-20-16(11)22)15(17(23)24)21(13)8-2-6-19/h1,3-5,7,9H,2,6,8H2,(H,20,22)(H,23,24). The molecule has 0 saturated heterocycles. The van der Waals surface area contributed by atoms with E-state index in [9.17, 15) is 19.1 Å². The molecule has 0 fully saturated rings. The van der Waals surface area contributed by atoms with E-state index in [1.165, 1.54) is 10.8 Å². The maximum atomic E-state index is 12.6. The Bertz CT molecular complexity index is 978. The normalized spacial score (nSPS) is 11.1. The predicted molar refractivity (Wildman–Crippen MR) is 90.6 cm³/mol. The van der Waals surface area contributed by atoms with Crippen molar-refractivity contribution in [3.05, 3.63) is 57.6 Å². The topological polar surface area (TPSA) is 75.1 Å². The van der Waals surface area contributed by atoms with Crippen LogP contribution in [0.5, 0.6) is 0 Å². The van der Waals surface area contributed by atoms with Crippen molar-refractivity contribution >= 4 is 28.5 Å². The number of aromatic nitrogens is 2. The summed E-state index contributed by atoms with van der Waals surface area (Å²) in [6.07, 6.45) is 1.65. The number of hydrogen-bond donors (Lipinski definition) is 2. The number of hydrogen-bond acceptors (Lipinski definition) is 2. The van der Waals surface area contributed by atoms with Crippen LogP contribution in [0.4, 0.5) is 4.39 Å². The predicted octanol–water partition coefficient (Wildman–Crippen LogP) is 3.71. The Morgan fingerprint density at radius 1 is 1.33 bits per heavy atom. The summed E-state index contributed by atoms with van der Waals surface area (Å²) < 4.78 is 14.2. The molecular weight excluding hydrogens is 335 g/mol. The first kappa shape index (κ1) is 16.3. The Kier molecular flexibility index (Phi) is 4.40. The van der Waals surface area contributed by atoms with Gasteiger partial charge in [0.2, 0.25) is 0 Å². The molecule has 7 heteroatoms. The summed E-state index contributed by atoms with van der Waals surface area (Å²) in [5, 5.41) is 10.7. The van der Waals surface area contributed by atoms with Gasteiger partial charge in [0.1, 0.15) is 5.69 Å². The van der Waals surface area contributed by atoms with Gasteiger partial charge in [0.05, 0.1) is 6.67 Å². The van der Waals surface area contributed by atoms with Crippen LogP contribution in [-0.4, -0.2) is 27.3 Å². The summed E-state index contributed by atoms with van der Waals surface area (Å²) in [4.78, 5) is 26.6. The molecular formula is C17H14ClFN2O3. The second-order valence-electron chi connectivity index (χ2n) is 5.30. The van der Waals surface area contributed by atoms with Gasteiger partial charge in [-0.3, -0.25) is 9.18 Å². The quantitative estimate of drug-likeness (QED) is 0.738. The van der Waals surface area contributed by atoms with Crippen LogP contribution in [0.1, 0.15) is 16.9 Å². The molecule has 2 N–H and O–H groups in total. The lowest BCUT2D eigenvalue weighted by atomic mass is 10.0. The average molecular weight is 349 g/mol. The Hall–Kier alpha value is -2.60. The fraction of sp³-hybridized carbons (Fsp3) is 0.176. The molecule has 3 rings (SSSR count). The molecule has 0 aliphatic rings. The number of nitrogens with one attached hydrogen (secondary N) is 1. The molecule has 0 saturated carbocycles. The van der Waals surface area contributed by atoms with Crippen LogP contribution in [0, 0.1) is 0 Å². The van der Waals surface area contributed by atoms with E-state index in [1.807, 2.05) is 0 Å². The maximum Gasteiger partial charge on any atom is 0.353 e. The molecule has 1 aromatic carbocycles. The largest absolute Gasteiger partial charge is 0.477 e. The second-order valence-corrected chi connectivity index (χ2v) is 5.73. The van der Waals surface area contributed by atoms with Gasteiger partial charge in [-0.05, 0) is 36.8 Å². The first-order chi connectivity index (χ1) is 11.5. The zero-order valence-corrected chi connectivity index (χ0v) is 13.3. The van der Waals surface area contributed by atoms with Crippen LogP contribution >= 0.6 is 11.6 Å². The van der Waals surface area contributed by atoms with Crippen LogP contribution in [0.15, 0.2) is 41.3 Å². The van der Waals surface area contributed by atoms with Crippen molar-refractivity contribution in [2.45, 2.75) is 13.0 Å². The zero-order chi connectivity index (χ0) is 17.3. The monoisotopic (exact) mass is 348 g/mol. The van der Waals surface area contributed by atoms with E-state index in [4.69, 9.17) is 11.6 Å². The SMILES string of the molecule is O=C(O)c1c(-c2ccc[nH]c2=O)c2cc(Cl)ccc2n1CCCF. The smallest absolute Gasteiger partial charge is 0.353 e. The molecule has 0 aliphatic heterocycles. The number of carboxylic acids is 1. The van der Waals surface area contributed by atoms with Gasteiger partial charge in [-0.25, -0.2) is 4.79 Å². The summed E-state index contributed by atoms with van der Waals surface area (Å²) in [5.41, 5.74) is 0.687. The van der Waals surface area contributed by atoms with E-state index in [0.29, 0.717) is 21.5 Å². The molecule has 0 amide bonds. The molecule has 0 spiro atoms. The first-order valence-electron chi connectivity index (χ1n) is 7.33. The van der Waals surface area contributed by atoms with E-state index < -0.39 is 18.2 Å². The lowest BCUT2D eigenvalue weighted by molar-refractivity contribution is 0.0686. The number of pyridine rings is 1. The van der Waals surface area contributed by atoms with Crippen molar-refractivity contribution in [2.24, 2.45) is 0 Å². The molecule has 24 heavy (non-hydrogen) atoms. The lowest BCUT2D eigenvalue weighted by Crippen LogP contribution is -2.13. The molecule has 0 atom stereocenters. The van der Waals surface area contributed by atoms with Gasteiger partial charge in [0.25, 0.3) is 5.56 Å². The highest BCUT2D eigenvalue weighted by Crippen LogP contribution is 2.35. The number of carboxylic acid groups (broad SMARTS) is 1. The van der Waals surface area contributed by atoms with Crippen LogP contribution < -0.4 is 5.56 Å². The highest BCUT2D eigenvalue weighted by Gasteiger charge is 2.25. The Morgan fingerprint density at radius 3 is 2.79 bits per heavy atom. The molecule has 0 radical (unpaired) electrons. The Labute approximate surface area is 141 Å². The van der Waals surface area contributed by atoms with Crippen LogP contribution in [0.25, 0.3) is 22.0 Å². The zero-order valence-electron chi connectivity index (χ0n) is 12.6. The van der Waals surface area contributed by atoms with Crippen molar-refractivity contribution < 1.29 is 14.3 Å². The highest BCUT2D eigenvalue weighted by molar-refractivity contribution is 6.31. The number of H-pyrrole nitrogens is 1. The number of alkyl halides is 1. The first-order valence-corrected chi connectivity index (χ1v) is 7.71. The lowest BCUT2D eigenvalue weighted by Gasteiger charge is -2.07. The van der Waals surface area contributed by atoms with Gasteiger partial charge in [0, 0.05) is 39.8 Å². The van der Waals surface area contributed by atoms with Gasteiger partial charge >= 0.3 is 5.97 Å². The highest BCUT2D eigenvalue weighted by atomic mass is 35.5. The van der Waals surface area contributed by atoms with E-state index in [-0.39, 0.29) is 24.2 Å². The van der Waals surface area contributed by atoms with E-state index in [0.717, 1.165) is 0 Å². The number of nitrogens with zero attached hydrogens (tertiary/aromatic N) is 1. The van der Waals surface area contributed by atoms with E-state index in [1.54, 1.807) is 30.3 Å². The van der Waals surface area contributed by atoms with Crippen LogP contribution in [-0.2, 0) is 6.54 Å². The number of benzene rings is 1. The number of aryl methyl sites for hydroxylation is 1. The molecule has 2 aromatic heterocycles. The molecule has 3 aromatic rings. The number of carbonyl (C=O) groups is 1. The van der Waals surface area contributed by atoms with E-state index >= 15 is 0 Å². The van der Waals surface area contributed by atoms with Crippen molar-refractivity contribution in [3.63, 3.8) is 0 Å². The number of halogens is 2. The van der Waals surface area contributed by atoms with E-state index in [2.05, 4.69) is 4.98 Å². The fourth-order valence-corrected chi connectivity index (χ4v) is 3.06. The van der Waals surface area contributed by atoms with Crippen LogP contribution in [0.3, 0.4) is 0 Å². The second kappa shape index (κ2) is 6.49. The van der Waals surface area contributed by atoms with Gasteiger partial charge in [-0.1, -0.05) is 11.6 Å². The summed E-state index contributed by atoms with van der Waals surface area (Å²) in [6, 6.07) is 8.12. The molecule has 0 aliphatic carbocycles. The minimum absolute atomic E-state index is 0.0441. The van der Waals surface area contributed by atoms with Crippen molar-refractivity contribution in [1.29, 1.82) is 0 Å². The minimum atomic E-state index is -1.18. The third-order valence-corrected chi connectivity index (χ3v) is 4.07. The number of fused-ring (bicyclic) bond motifs is 1. The van der Waals surface area contributed by atoms with Gasteiger partial charge in [0.15, 0.2) is 0 Å². The van der Waals surface area contributed by atoms with Crippen molar-refractivity contribution in [2.75, 3.05) is 6.67 Å². The van der Waals surface area contributed by atoms with Crippen molar-refractivity contribution in [3.8, 4) is 11.1 Å². The minimum Gasteiger partial charge on any atom is -0.477 e. The van der Waals surface area contributed by atoms with Gasteiger partial charge in [-0.15, -0.1) is 0 Å². The number of aromatic carboxylic acids is 1. The average Bonchev–Trinajstić information content (AvgIpc) is 2.87. The Morgan fingerprint density at radius 2 is 2.12 bits per heavy atom. The third kappa shape index (κ3) is 2.69. The van der Waals surface area contributed by atoms with Crippen molar-refractivity contribution in [1.82, 2.24) is 9.55 Å². The molecule has 2 heterocycles. The number of aromatic amines is 1. The molecule has 0 unspecified atom stereocenters. The maximum absolute atomic E-state index is 12.6. The molecule has 124 valence electrons. The summed E-state index contributed by atoms with van der Waals surface area (Å²) in [7, 11) is 0. The third-order valence-electron chi connectivity index (χ3n) is 3.83. The Balaban J connectivity index is 2.44. The molecule has 5 nitrogen and oxygen atoms in total.